The Morgan fingerprint density at radius 1 is 1.21 bits per heavy atom. The fraction of sp³-hybridized carbons (Fsp3) is 0.167. The van der Waals surface area contributed by atoms with Crippen LogP contribution >= 0.6 is 11.3 Å². The molecule has 5 rings (SSSR count). The van der Waals surface area contributed by atoms with E-state index in [-0.39, 0.29) is 28.5 Å². The Balaban J connectivity index is 1.78. The average molecular weight is 477 g/mol. The number of ether oxygens (including phenoxy) is 1. The molecule has 0 spiro atoms. The summed E-state index contributed by atoms with van der Waals surface area (Å²) in [6.45, 7) is 3.68. The number of nitrogens with zero attached hydrogens (tertiary/aromatic N) is 4. The Morgan fingerprint density at radius 3 is 2.68 bits per heavy atom. The number of carbonyl (C=O) groups is 2. The zero-order chi connectivity index (χ0) is 24.1. The number of carbonyl (C=O) groups excluding carboxylic acids is 2. The first-order valence-corrected chi connectivity index (χ1v) is 11.2. The zero-order valence-corrected chi connectivity index (χ0v) is 19.3. The third kappa shape index (κ3) is 3.14. The summed E-state index contributed by atoms with van der Waals surface area (Å²) in [6, 6.07) is 7.28. The van der Waals surface area contributed by atoms with E-state index in [9.17, 15) is 19.8 Å². The van der Waals surface area contributed by atoms with Gasteiger partial charge in [-0.05, 0) is 43.2 Å². The van der Waals surface area contributed by atoms with Gasteiger partial charge in [-0.15, -0.1) is 11.3 Å². The van der Waals surface area contributed by atoms with Gasteiger partial charge in [0.05, 0.1) is 24.4 Å². The second-order valence-electron chi connectivity index (χ2n) is 7.85. The first-order chi connectivity index (χ1) is 16.3. The molecule has 3 aromatic heterocycles. The van der Waals surface area contributed by atoms with E-state index in [2.05, 4.69) is 9.97 Å². The van der Waals surface area contributed by atoms with Crippen molar-refractivity contribution in [2.24, 2.45) is 0 Å². The molecule has 34 heavy (non-hydrogen) atoms. The summed E-state index contributed by atoms with van der Waals surface area (Å²) in [6.07, 6.45) is 3.35. The van der Waals surface area contributed by atoms with Crippen LogP contribution in [0.2, 0.25) is 0 Å². The Bertz CT molecular complexity index is 1490. The predicted molar refractivity (Wildman–Crippen MR) is 126 cm³/mol. The van der Waals surface area contributed by atoms with Crippen LogP contribution in [0.3, 0.4) is 0 Å². The summed E-state index contributed by atoms with van der Waals surface area (Å²) in [5, 5.41) is 23.5. The number of rotatable bonds is 4. The van der Waals surface area contributed by atoms with E-state index in [0.29, 0.717) is 22.0 Å². The minimum absolute atomic E-state index is 0.0934. The predicted octanol–water partition coefficient (Wildman–Crippen LogP) is 3.75. The highest BCUT2D eigenvalue weighted by Gasteiger charge is 2.48. The number of aromatic nitrogens is 3. The Hall–Kier alpha value is -4.18. The van der Waals surface area contributed by atoms with Crippen LogP contribution < -0.4 is 9.64 Å². The monoisotopic (exact) mass is 476 g/mol. The largest absolute Gasteiger partial charge is 0.505 e. The van der Waals surface area contributed by atoms with E-state index < -0.39 is 17.7 Å². The van der Waals surface area contributed by atoms with Crippen molar-refractivity contribution in [2.45, 2.75) is 19.9 Å². The molecule has 2 N–H and O–H groups in total. The minimum atomic E-state index is -0.994. The van der Waals surface area contributed by atoms with Crippen molar-refractivity contribution in [2.75, 3.05) is 12.0 Å². The molecule has 0 bridgehead atoms. The van der Waals surface area contributed by atoms with Crippen LogP contribution in [0.15, 0.2) is 53.7 Å². The summed E-state index contributed by atoms with van der Waals surface area (Å²) in [5.74, 6) is -1.97. The van der Waals surface area contributed by atoms with Crippen LogP contribution in [0.1, 0.15) is 28.6 Å². The molecule has 1 aliphatic rings. The van der Waals surface area contributed by atoms with Crippen molar-refractivity contribution in [3.05, 3.63) is 76.2 Å². The van der Waals surface area contributed by atoms with Gasteiger partial charge < -0.3 is 19.4 Å². The second-order valence-corrected chi connectivity index (χ2v) is 8.72. The van der Waals surface area contributed by atoms with Crippen molar-refractivity contribution in [3.63, 3.8) is 0 Å². The molecule has 9 nitrogen and oxygen atoms in total. The molecule has 0 aliphatic carbocycles. The SMILES string of the molecule is COc1cc(C2/C(=C(\O)c3nc4c(C)cccn4c3C)C(=O)C(=O)N2c2nccs2)ccc1O. The number of aromatic hydroxyl groups is 1. The fourth-order valence-electron chi connectivity index (χ4n) is 4.22. The summed E-state index contributed by atoms with van der Waals surface area (Å²) >= 11 is 1.19. The number of anilines is 1. The van der Waals surface area contributed by atoms with Crippen molar-refractivity contribution >= 4 is 39.6 Å². The average Bonchev–Trinajstić information content (AvgIpc) is 3.53. The van der Waals surface area contributed by atoms with Crippen LogP contribution in [-0.4, -0.2) is 43.4 Å². The lowest BCUT2D eigenvalue weighted by Crippen LogP contribution is -2.29. The molecule has 1 fully saturated rings. The summed E-state index contributed by atoms with van der Waals surface area (Å²) in [4.78, 5) is 36.5. The Labute approximate surface area is 198 Å². The number of aliphatic hydroxyl groups excluding tert-OH is 1. The van der Waals surface area contributed by atoms with E-state index in [4.69, 9.17) is 4.74 Å². The first-order valence-electron chi connectivity index (χ1n) is 10.4. The van der Waals surface area contributed by atoms with E-state index in [0.717, 1.165) is 5.56 Å². The quantitative estimate of drug-likeness (QED) is 0.262. The van der Waals surface area contributed by atoms with Gasteiger partial charge in [0.25, 0.3) is 5.78 Å². The van der Waals surface area contributed by atoms with Crippen molar-refractivity contribution in [3.8, 4) is 11.5 Å². The molecule has 1 aromatic carbocycles. The molecule has 0 saturated carbocycles. The van der Waals surface area contributed by atoms with Gasteiger partial charge >= 0.3 is 5.91 Å². The maximum atomic E-state index is 13.3. The number of phenolic OH excluding ortho intramolecular Hbond substituents is 1. The lowest BCUT2D eigenvalue weighted by molar-refractivity contribution is -0.132. The number of thiazole rings is 1. The molecule has 1 atom stereocenters. The molecule has 1 aliphatic heterocycles. The third-order valence-corrected chi connectivity index (χ3v) is 6.67. The van der Waals surface area contributed by atoms with Gasteiger partial charge in [0.2, 0.25) is 0 Å². The number of phenols is 1. The number of aryl methyl sites for hydroxylation is 2. The number of benzene rings is 1. The molecule has 4 aromatic rings. The van der Waals surface area contributed by atoms with Gasteiger partial charge in [0.15, 0.2) is 22.4 Å². The molecule has 1 amide bonds. The number of ketones is 1. The standard InChI is InChI=1S/C24H20N4O5S/c1-12-5-4-9-27-13(2)18(26-22(12)27)20(30)17-19(14-6-7-15(29)16(11-14)33-3)28(23(32)21(17)31)24-25-8-10-34-24/h4-11,19,29-30H,1-3H3/b20-17+. The highest BCUT2D eigenvalue weighted by atomic mass is 32.1. The molecule has 172 valence electrons. The smallest absolute Gasteiger partial charge is 0.301 e. The minimum Gasteiger partial charge on any atom is -0.505 e. The van der Waals surface area contributed by atoms with E-state index >= 15 is 0 Å². The Morgan fingerprint density at radius 2 is 2.00 bits per heavy atom. The van der Waals surface area contributed by atoms with Crippen molar-refractivity contribution in [1.29, 1.82) is 0 Å². The molecular weight excluding hydrogens is 456 g/mol. The molecule has 0 radical (unpaired) electrons. The molecule has 4 heterocycles. The summed E-state index contributed by atoms with van der Waals surface area (Å²) in [5.41, 5.74) is 2.72. The molecular formula is C24H20N4O5S. The number of aliphatic hydroxyl groups is 1. The zero-order valence-electron chi connectivity index (χ0n) is 18.5. The van der Waals surface area contributed by atoms with Gasteiger partial charge in [-0.2, -0.15) is 0 Å². The number of hydrogen-bond donors (Lipinski definition) is 2. The van der Waals surface area contributed by atoms with Crippen molar-refractivity contribution in [1.82, 2.24) is 14.4 Å². The van der Waals surface area contributed by atoms with Crippen LogP contribution in [0, 0.1) is 13.8 Å². The molecule has 10 heteroatoms. The topological polar surface area (TPSA) is 117 Å². The van der Waals surface area contributed by atoms with Crippen LogP contribution in [0.4, 0.5) is 5.13 Å². The summed E-state index contributed by atoms with van der Waals surface area (Å²) in [7, 11) is 1.40. The van der Waals surface area contributed by atoms with Crippen LogP contribution in [-0.2, 0) is 9.59 Å². The van der Waals surface area contributed by atoms with Gasteiger partial charge in [0, 0.05) is 17.8 Å². The third-order valence-electron chi connectivity index (χ3n) is 5.90. The van der Waals surface area contributed by atoms with Gasteiger partial charge in [0.1, 0.15) is 11.3 Å². The number of Topliss-reactive ketones (excluding diaryl/α,β-unsaturated/α-hetero) is 1. The highest BCUT2D eigenvalue weighted by Crippen LogP contribution is 2.44. The number of methoxy groups -OCH3 is 1. The van der Waals surface area contributed by atoms with E-state index in [1.54, 1.807) is 18.4 Å². The second kappa shape index (κ2) is 7.99. The number of pyridine rings is 1. The summed E-state index contributed by atoms with van der Waals surface area (Å²) < 4.78 is 7.05. The molecule has 1 unspecified atom stereocenters. The maximum absolute atomic E-state index is 13.3. The normalized spacial score (nSPS) is 17.6. The lowest BCUT2D eigenvalue weighted by Gasteiger charge is -2.23. The van der Waals surface area contributed by atoms with E-state index in [1.807, 2.05) is 29.7 Å². The van der Waals surface area contributed by atoms with Crippen molar-refractivity contribution < 1.29 is 24.5 Å². The van der Waals surface area contributed by atoms with Crippen LogP contribution in [0.5, 0.6) is 11.5 Å². The number of imidazole rings is 1. The van der Waals surface area contributed by atoms with Gasteiger partial charge in [-0.1, -0.05) is 12.1 Å². The first kappa shape index (κ1) is 21.7. The van der Waals surface area contributed by atoms with Gasteiger partial charge in [-0.3, -0.25) is 14.5 Å². The van der Waals surface area contributed by atoms with Crippen LogP contribution in [0.25, 0.3) is 11.4 Å². The number of hydrogen-bond acceptors (Lipinski definition) is 8. The maximum Gasteiger partial charge on any atom is 0.301 e. The lowest BCUT2D eigenvalue weighted by atomic mass is 9.96. The fourth-order valence-corrected chi connectivity index (χ4v) is 4.89. The van der Waals surface area contributed by atoms with Gasteiger partial charge in [-0.25, -0.2) is 9.97 Å². The number of amides is 1. The molecule has 1 saturated heterocycles. The van der Waals surface area contributed by atoms with E-state index in [1.165, 1.54) is 41.7 Å². The highest BCUT2D eigenvalue weighted by molar-refractivity contribution is 7.14. The number of fused-ring (bicyclic) bond motifs is 1. The Kier molecular flexibility index (Phi) is 5.09.